The van der Waals surface area contributed by atoms with Gasteiger partial charge < -0.3 is 14.6 Å². The zero-order chi connectivity index (χ0) is 25.5. The Bertz CT molecular complexity index is 1760. The van der Waals surface area contributed by atoms with Crippen LogP contribution in [0.2, 0.25) is 0 Å². The normalized spacial score (nSPS) is 11.6. The number of fused-ring (bicyclic) bond motifs is 2. The highest BCUT2D eigenvalue weighted by atomic mass is 19.1. The lowest BCUT2D eigenvalue weighted by molar-refractivity contribution is 0.402. The first-order valence-electron chi connectivity index (χ1n) is 11.6. The van der Waals surface area contributed by atoms with Gasteiger partial charge in [0, 0.05) is 42.3 Å². The molecule has 0 bridgehead atoms. The number of halogens is 1. The van der Waals surface area contributed by atoms with Gasteiger partial charge in [-0.05, 0) is 56.1 Å². The van der Waals surface area contributed by atoms with Crippen molar-refractivity contribution in [2.24, 2.45) is 0 Å². The van der Waals surface area contributed by atoms with Gasteiger partial charge in [-0.3, -0.25) is 15.1 Å². The van der Waals surface area contributed by atoms with Crippen molar-refractivity contribution in [3.63, 3.8) is 0 Å². The quantitative estimate of drug-likeness (QED) is 0.341. The van der Waals surface area contributed by atoms with Crippen LogP contribution in [0.25, 0.3) is 56.1 Å². The molecule has 37 heavy (non-hydrogen) atoms. The van der Waals surface area contributed by atoms with Crippen molar-refractivity contribution in [2.75, 3.05) is 21.2 Å². The molecule has 5 heterocycles. The minimum atomic E-state index is -0.414. The highest BCUT2D eigenvalue weighted by molar-refractivity contribution is 5.95. The van der Waals surface area contributed by atoms with Crippen molar-refractivity contribution in [1.82, 2.24) is 40.0 Å². The van der Waals surface area contributed by atoms with Crippen molar-refractivity contribution < 1.29 is 9.13 Å². The molecule has 5 aromatic heterocycles. The summed E-state index contributed by atoms with van der Waals surface area (Å²) in [7, 11) is 5.54. The average molecular weight is 495 g/mol. The van der Waals surface area contributed by atoms with Crippen LogP contribution < -0.4 is 4.74 Å². The van der Waals surface area contributed by atoms with Gasteiger partial charge in [0.2, 0.25) is 0 Å². The Morgan fingerprint density at radius 2 is 1.78 bits per heavy atom. The number of aromatic amines is 2. The number of ether oxygens (including phenoxy) is 1. The molecule has 1 aromatic carbocycles. The second-order valence-electron chi connectivity index (χ2n) is 9.01. The summed E-state index contributed by atoms with van der Waals surface area (Å²) in [6.07, 6.45) is 5.32. The summed E-state index contributed by atoms with van der Waals surface area (Å²) in [4.78, 5) is 24.0. The van der Waals surface area contributed by atoms with Crippen LogP contribution in [0.4, 0.5) is 4.39 Å². The maximum atomic E-state index is 14.2. The lowest BCUT2D eigenvalue weighted by Crippen LogP contribution is -2.10. The number of rotatable bonds is 6. The largest absolute Gasteiger partial charge is 0.497 e. The number of imidazole rings is 1. The Kier molecular flexibility index (Phi) is 5.57. The Morgan fingerprint density at radius 1 is 0.919 bits per heavy atom. The zero-order valence-electron chi connectivity index (χ0n) is 20.5. The van der Waals surface area contributed by atoms with Crippen molar-refractivity contribution in [3.8, 4) is 39.8 Å². The van der Waals surface area contributed by atoms with Crippen molar-refractivity contribution in [2.45, 2.75) is 6.54 Å². The Balaban J connectivity index is 1.45. The molecule has 0 saturated heterocycles. The molecule has 0 amide bonds. The Labute approximate surface area is 211 Å². The molecule has 6 rings (SSSR count). The number of aromatic nitrogens is 7. The molecule has 0 radical (unpaired) electrons. The zero-order valence-corrected chi connectivity index (χ0v) is 20.5. The van der Waals surface area contributed by atoms with E-state index in [2.05, 4.69) is 36.1 Å². The summed E-state index contributed by atoms with van der Waals surface area (Å²) in [6, 6.07) is 12.3. The molecule has 2 N–H and O–H groups in total. The van der Waals surface area contributed by atoms with E-state index < -0.39 is 5.82 Å². The van der Waals surface area contributed by atoms with Crippen LogP contribution in [-0.4, -0.2) is 61.2 Å². The summed E-state index contributed by atoms with van der Waals surface area (Å²) in [6.45, 7) is 0.784. The van der Waals surface area contributed by atoms with E-state index in [-0.39, 0.29) is 0 Å². The van der Waals surface area contributed by atoms with Crippen molar-refractivity contribution in [3.05, 3.63) is 72.4 Å². The summed E-state index contributed by atoms with van der Waals surface area (Å²) in [5, 5.41) is 7.53. The van der Waals surface area contributed by atoms with E-state index in [1.54, 1.807) is 18.5 Å². The number of nitrogens with zero attached hydrogens (tertiary/aromatic N) is 6. The fourth-order valence-electron chi connectivity index (χ4n) is 4.38. The molecule has 9 nitrogen and oxygen atoms in total. The number of pyridine rings is 3. The van der Waals surface area contributed by atoms with E-state index in [0.29, 0.717) is 39.6 Å². The number of methoxy groups -OCH3 is 1. The number of nitrogens with one attached hydrogen (secondary N) is 2. The first-order chi connectivity index (χ1) is 18.0. The van der Waals surface area contributed by atoms with Crippen LogP contribution in [0.5, 0.6) is 5.75 Å². The van der Waals surface area contributed by atoms with E-state index in [1.807, 2.05) is 38.5 Å². The predicted molar refractivity (Wildman–Crippen MR) is 139 cm³/mol. The van der Waals surface area contributed by atoms with Gasteiger partial charge in [-0.25, -0.2) is 14.4 Å². The average Bonchev–Trinajstić information content (AvgIpc) is 3.51. The van der Waals surface area contributed by atoms with Gasteiger partial charge in [-0.15, -0.1) is 0 Å². The minimum Gasteiger partial charge on any atom is -0.497 e. The molecule has 0 fully saturated rings. The van der Waals surface area contributed by atoms with Gasteiger partial charge in [0.05, 0.1) is 29.5 Å². The molecule has 0 unspecified atom stereocenters. The summed E-state index contributed by atoms with van der Waals surface area (Å²) in [5.74, 6) is 0.523. The lowest BCUT2D eigenvalue weighted by Gasteiger charge is -2.10. The van der Waals surface area contributed by atoms with Gasteiger partial charge >= 0.3 is 0 Å². The number of benzene rings is 1. The van der Waals surface area contributed by atoms with Gasteiger partial charge in [-0.2, -0.15) is 5.10 Å². The van der Waals surface area contributed by atoms with E-state index in [4.69, 9.17) is 14.7 Å². The molecule has 0 aliphatic carbocycles. The third kappa shape index (κ3) is 4.27. The van der Waals surface area contributed by atoms with Crippen LogP contribution in [-0.2, 0) is 6.54 Å². The minimum absolute atomic E-state index is 0.406. The molecule has 10 heteroatoms. The molecule has 0 aliphatic heterocycles. The lowest BCUT2D eigenvalue weighted by atomic mass is 10.1. The summed E-state index contributed by atoms with van der Waals surface area (Å²) in [5.41, 5.74) is 7.29. The highest BCUT2D eigenvalue weighted by Gasteiger charge is 2.18. The maximum absolute atomic E-state index is 14.2. The molecular weight excluding hydrogens is 471 g/mol. The maximum Gasteiger partial charge on any atom is 0.161 e. The standard InChI is InChI=1S/C27H23FN8O/c1-36(2)14-15-8-17(13-29-12-15)20-4-5-22-25(31-20)26(35-34-22)27-32-21-6-7-30-23(24(21)33-27)16-9-18(28)11-19(10-16)37-3/h4-13H,14H2,1-3H3,(H,32,33)(H,34,35). The molecular formula is C27H23FN8O. The SMILES string of the molecule is COc1cc(F)cc(-c2nccc3[nH]c(-c4n[nH]c5ccc(-c6cncc(CN(C)C)c6)nc45)nc23)c1. The van der Waals surface area contributed by atoms with Gasteiger partial charge in [0.1, 0.15) is 22.6 Å². The molecule has 0 spiro atoms. The molecule has 0 atom stereocenters. The topological polar surface area (TPSA) is 108 Å². The van der Waals surface area contributed by atoms with Gasteiger partial charge in [0.15, 0.2) is 11.5 Å². The van der Waals surface area contributed by atoms with Gasteiger partial charge in [0.25, 0.3) is 0 Å². The molecule has 0 saturated carbocycles. The molecule has 184 valence electrons. The van der Waals surface area contributed by atoms with E-state index in [0.717, 1.165) is 34.4 Å². The first kappa shape index (κ1) is 22.7. The number of H-pyrrole nitrogens is 2. The third-order valence-corrected chi connectivity index (χ3v) is 6.00. The Morgan fingerprint density at radius 3 is 2.62 bits per heavy atom. The van der Waals surface area contributed by atoms with Crippen LogP contribution in [0.15, 0.2) is 61.1 Å². The third-order valence-electron chi connectivity index (χ3n) is 6.00. The van der Waals surface area contributed by atoms with E-state index in [1.165, 1.54) is 19.2 Å². The van der Waals surface area contributed by atoms with Crippen LogP contribution in [0.3, 0.4) is 0 Å². The molecule has 0 aliphatic rings. The van der Waals surface area contributed by atoms with E-state index >= 15 is 0 Å². The molecule has 6 aromatic rings. The van der Waals surface area contributed by atoms with Crippen molar-refractivity contribution in [1.29, 1.82) is 0 Å². The number of hydrogen-bond acceptors (Lipinski definition) is 7. The summed E-state index contributed by atoms with van der Waals surface area (Å²) < 4.78 is 19.4. The predicted octanol–water partition coefficient (Wildman–Crippen LogP) is 4.83. The van der Waals surface area contributed by atoms with E-state index in [9.17, 15) is 4.39 Å². The number of hydrogen-bond donors (Lipinski definition) is 2. The summed E-state index contributed by atoms with van der Waals surface area (Å²) >= 11 is 0. The monoisotopic (exact) mass is 494 g/mol. The van der Waals surface area contributed by atoms with Gasteiger partial charge in [-0.1, -0.05) is 0 Å². The fourth-order valence-corrected chi connectivity index (χ4v) is 4.38. The highest BCUT2D eigenvalue weighted by Crippen LogP contribution is 2.32. The first-order valence-corrected chi connectivity index (χ1v) is 11.6. The van der Waals surface area contributed by atoms with Crippen LogP contribution in [0, 0.1) is 5.82 Å². The van der Waals surface area contributed by atoms with Crippen molar-refractivity contribution >= 4 is 22.1 Å². The second-order valence-corrected chi connectivity index (χ2v) is 9.01. The van der Waals surface area contributed by atoms with Crippen LogP contribution in [0.1, 0.15) is 5.56 Å². The Hall–Kier alpha value is -4.70. The fraction of sp³-hybridized carbons (Fsp3) is 0.148. The van der Waals surface area contributed by atoms with Crippen LogP contribution >= 0.6 is 0 Å². The smallest absolute Gasteiger partial charge is 0.161 e. The second kappa shape index (κ2) is 9.07.